The molecule has 1 heterocycles. The number of benzene rings is 1. The van der Waals surface area contributed by atoms with Gasteiger partial charge in [0.15, 0.2) is 0 Å². The zero-order valence-corrected chi connectivity index (χ0v) is 14.1. The van der Waals surface area contributed by atoms with E-state index in [0.717, 1.165) is 33.2 Å². The Morgan fingerprint density at radius 2 is 2.26 bits per heavy atom. The van der Waals surface area contributed by atoms with Gasteiger partial charge in [-0.3, -0.25) is 0 Å². The number of rotatable bonds is 5. The fraction of sp³-hybridized carbons (Fsp3) is 0.357. The zero-order valence-electron chi connectivity index (χ0n) is 10.9. The molecule has 0 aliphatic rings. The van der Waals surface area contributed by atoms with E-state index in [1.807, 2.05) is 19.1 Å². The molecule has 1 unspecified atom stereocenters. The van der Waals surface area contributed by atoms with E-state index in [4.69, 9.17) is 11.6 Å². The van der Waals surface area contributed by atoms with E-state index >= 15 is 0 Å². The van der Waals surface area contributed by atoms with Crippen molar-refractivity contribution < 1.29 is 0 Å². The first-order valence-electron chi connectivity index (χ1n) is 6.22. The molecule has 0 fully saturated rings. The summed E-state index contributed by atoms with van der Waals surface area (Å²) in [5.74, 6) is 0. The third-order valence-corrected chi connectivity index (χ3v) is 4.70. The van der Waals surface area contributed by atoms with Crippen LogP contribution in [0, 0.1) is 6.92 Å². The van der Waals surface area contributed by atoms with Crippen LogP contribution in [0.3, 0.4) is 0 Å². The number of hydrogen-bond acceptors (Lipinski definition) is 3. The van der Waals surface area contributed by atoms with Gasteiger partial charge in [-0.25, -0.2) is 4.98 Å². The van der Waals surface area contributed by atoms with Crippen LogP contribution < -0.4 is 5.32 Å². The molecule has 0 radical (unpaired) electrons. The molecule has 1 N–H and O–H groups in total. The second-order valence-electron chi connectivity index (χ2n) is 4.38. The summed E-state index contributed by atoms with van der Waals surface area (Å²) in [6.45, 7) is 5.14. The molecular weight excluding hydrogens is 344 g/mol. The van der Waals surface area contributed by atoms with Gasteiger partial charge in [-0.05, 0) is 37.6 Å². The summed E-state index contributed by atoms with van der Waals surface area (Å²) in [7, 11) is 0. The summed E-state index contributed by atoms with van der Waals surface area (Å²) in [5.41, 5.74) is 2.24. The third kappa shape index (κ3) is 3.78. The lowest BCUT2D eigenvalue weighted by Gasteiger charge is -2.18. The quantitative estimate of drug-likeness (QED) is 0.816. The molecular formula is C14H16BrClN2S. The Balaban J connectivity index is 2.36. The van der Waals surface area contributed by atoms with E-state index in [9.17, 15) is 0 Å². The van der Waals surface area contributed by atoms with Crippen LogP contribution in [0.15, 0.2) is 28.1 Å². The summed E-state index contributed by atoms with van der Waals surface area (Å²) in [6.07, 6.45) is 1.09. The highest BCUT2D eigenvalue weighted by Gasteiger charge is 2.19. The highest BCUT2D eigenvalue weighted by atomic mass is 79.9. The molecule has 0 aliphatic carbocycles. The molecule has 1 aromatic carbocycles. The number of thiazole rings is 1. The third-order valence-electron chi connectivity index (χ3n) is 2.76. The number of nitrogens with one attached hydrogen (secondary N) is 1. The van der Waals surface area contributed by atoms with Crippen LogP contribution >= 0.6 is 38.9 Å². The largest absolute Gasteiger partial charge is 0.304 e. The molecule has 19 heavy (non-hydrogen) atoms. The fourth-order valence-electron chi connectivity index (χ4n) is 1.86. The lowest BCUT2D eigenvalue weighted by Crippen LogP contribution is -2.23. The fourth-order valence-corrected chi connectivity index (χ4v) is 3.66. The van der Waals surface area contributed by atoms with Crippen LogP contribution in [-0.4, -0.2) is 11.5 Å². The van der Waals surface area contributed by atoms with Gasteiger partial charge in [-0.1, -0.05) is 40.5 Å². The summed E-state index contributed by atoms with van der Waals surface area (Å²) in [5, 5.41) is 7.46. The van der Waals surface area contributed by atoms with Crippen LogP contribution in [0.1, 0.15) is 35.7 Å². The van der Waals surface area contributed by atoms with Crippen LogP contribution in [0.5, 0.6) is 0 Å². The van der Waals surface area contributed by atoms with Crippen molar-refractivity contribution in [3.05, 3.63) is 49.3 Å². The summed E-state index contributed by atoms with van der Waals surface area (Å²) >= 11 is 11.3. The van der Waals surface area contributed by atoms with E-state index in [1.54, 1.807) is 11.3 Å². The van der Waals surface area contributed by atoms with Crippen molar-refractivity contribution >= 4 is 38.9 Å². The summed E-state index contributed by atoms with van der Waals surface area (Å²) in [6, 6.07) is 6.02. The monoisotopic (exact) mass is 358 g/mol. The molecule has 0 aliphatic heterocycles. The van der Waals surface area contributed by atoms with Crippen molar-refractivity contribution in [2.24, 2.45) is 0 Å². The highest BCUT2D eigenvalue weighted by molar-refractivity contribution is 9.10. The van der Waals surface area contributed by atoms with Crippen molar-refractivity contribution in [3.63, 3.8) is 0 Å². The zero-order chi connectivity index (χ0) is 13.8. The molecule has 102 valence electrons. The second-order valence-corrected chi connectivity index (χ2v) is 6.56. The number of aryl methyl sites for hydroxylation is 1. The van der Waals surface area contributed by atoms with E-state index in [2.05, 4.69) is 44.6 Å². The molecule has 0 amide bonds. The van der Waals surface area contributed by atoms with Gasteiger partial charge in [0.1, 0.15) is 5.01 Å². The maximum Gasteiger partial charge on any atom is 0.114 e. The first-order valence-corrected chi connectivity index (χ1v) is 8.27. The highest BCUT2D eigenvalue weighted by Crippen LogP contribution is 2.32. The first-order chi connectivity index (χ1) is 9.11. The average molecular weight is 360 g/mol. The molecule has 0 saturated carbocycles. The molecule has 0 spiro atoms. The van der Waals surface area contributed by atoms with Gasteiger partial charge in [0.25, 0.3) is 0 Å². The predicted octanol–water partition coefficient (Wildman–Crippen LogP) is 4.96. The minimum absolute atomic E-state index is 0.116. The SMILES string of the molecule is CCCNC(c1nc(C)cs1)c1ccc(Cl)cc1Br. The van der Waals surface area contributed by atoms with Crippen molar-refractivity contribution in [1.29, 1.82) is 0 Å². The number of aromatic nitrogens is 1. The second kappa shape index (κ2) is 6.84. The molecule has 2 nitrogen and oxygen atoms in total. The van der Waals surface area contributed by atoms with Crippen molar-refractivity contribution in [3.8, 4) is 0 Å². The molecule has 1 atom stereocenters. The molecule has 0 bridgehead atoms. The minimum atomic E-state index is 0.116. The van der Waals surface area contributed by atoms with Crippen molar-refractivity contribution in [2.75, 3.05) is 6.54 Å². The first kappa shape index (κ1) is 15.0. The van der Waals surface area contributed by atoms with Crippen molar-refractivity contribution in [1.82, 2.24) is 10.3 Å². The Bertz CT molecular complexity index is 556. The van der Waals surface area contributed by atoms with Crippen LogP contribution in [-0.2, 0) is 0 Å². The maximum atomic E-state index is 6.01. The van der Waals surface area contributed by atoms with Crippen LogP contribution in [0.2, 0.25) is 5.02 Å². The van der Waals surface area contributed by atoms with Gasteiger partial charge in [0, 0.05) is 20.6 Å². The Morgan fingerprint density at radius 1 is 1.47 bits per heavy atom. The van der Waals surface area contributed by atoms with E-state index in [1.165, 1.54) is 5.56 Å². The molecule has 2 rings (SSSR count). The van der Waals surface area contributed by atoms with Crippen LogP contribution in [0.4, 0.5) is 0 Å². The normalized spacial score (nSPS) is 12.6. The minimum Gasteiger partial charge on any atom is -0.304 e. The Hall–Kier alpha value is -0.420. The molecule has 0 saturated heterocycles. The van der Waals surface area contributed by atoms with Crippen LogP contribution in [0.25, 0.3) is 0 Å². The van der Waals surface area contributed by atoms with Gasteiger partial charge in [0.2, 0.25) is 0 Å². The number of halogens is 2. The van der Waals surface area contributed by atoms with E-state index in [-0.39, 0.29) is 6.04 Å². The lowest BCUT2D eigenvalue weighted by atomic mass is 10.1. The van der Waals surface area contributed by atoms with Gasteiger partial charge in [-0.15, -0.1) is 11.3 Å². The summed E-state index contributed by atoms with van der Waals surface area (Å²) < 4.78 is 1.02. The maximum absolute atomic E-state index is 6.01. The Kier molecular flexibility index (Phi) is 5.39. The predicted molar refractivity (Wildman–Crippen MR) is 86.1 cm³/mol. The van der Waals surface area contributed by atoms with Gasteiger partial charge in [-0.2, -0.15) is 0 Å². The van der Waals surface area contributed by atoms with Crippen molar-refractivity contribution in [2.45, 2.75) is 26.3 Å². The molecule has 5 heteroatoms. The topological polar surface area (TPSA) is 24.9 Å². The molecule has 1 aromatic heterocycles. The standard InChI is InChI=1S/C14H16BrClN2S/c1-3-6-17-13(14-18-9(2)8-19-14)11-5-4-10(16)7-12(11)15/h4-5,7-8,13,17H,3,6H2,1-2H3. The average Bonchev–Trinajstić information content (AvgIpc) is 2.78. The number of hydrogen-bond donors (Lipinski definition) is 1. The Morgan fingerprint density at radius 3 is 2.84 bits per heavy atom. The summed E-state index contributed by atoms with van der Waals surface area (Å²) in [4.78, 5) is 4.61. The van der Waals surface area contributed by atoms with Gasteiger partial charge < -0.3 is 5.32 Å². The molecule has 2 aromatic rings. The van der Waals surface area contributed by atoms with Gasteiger partial charge in [0.05, 0.1) is 6.04 Å². The number of nitrogens with zero attached hydrogens (tertiary/aromatic N) is 1. The lowest BCUT2D eigenvalue weighted by molar-refractivity contribution is 0.593. The Labute approximate surface area is 131 Å². The van der Waals surface area contributed by atoms with E-state index in [0.29, 0.717) is 0 Å². The van der Waals surface area contributed by atoms with E-state index < -0.39 is 0 Å². The van der Waals surface area contributed by atoms with Gasteiger partial charge >= 0.3 is 0 Å². The smallest absolute Gasteiger partial charge is 0.114 e.